The second-order valence-corrected chi connectivity index (χ2v) is 5.73. The molecule has 0 saturated carbocycles. The van der Waals surface area contributed by atoms with Crippen LogP contribution < -0.4 is 5.43 Å². The van der Waals surface area contributed by atoms with Gasteiger partial charge in [-0.3, -0.25) is 4.79 Å². The Bertz CT molecular complexity index is 960. The number of hydrogen-bond acceptors (Lipinski definition) is 4. The maximum absolute atomic E-state index is 11.9. The Hall–Kier alpha value is -3.38. The molecular weight excluding hydrogens is 356 g/mol. The number of carboxylic acids is 1. The van der Waals surface area contributed by atoms with Crippen molar-refractivity contribution in [2.45, 2.75) is 0 Å². The molecule has 0 saturated heterocycles. The first-order chi connectivity index (χ1) is 12.5. The van der Waals surface area contributed by atoms with E-state index in [4.69, 9.17) is 21.1 Å². The lowest BCUT2D eigenvalue weighted by Gasteiger charge is -1.99. The molecule has 0 unspecified atom stereocenters. The van der Waals surface area contributed by atoms with E-state index in [9.17, 15) is 9.59 Å². The van der Waals surface area contributed by atoms with E-state index >= 15 is 0 Å². The third-order valence-corrected chi connectivity index (χ3v) is 3.76. The summed E-state index contributed by atoms with van der Waals surface area (Å²) in [6, 6.07) is 16.2. The summed E-state index contributed by atoms with van der Waals surface area (Å²) in [4.78, 5) is 22.8. The highest BCUT2D eigenvalue weighted by Gasteiger charge is 2.07. The molecule has 1 aromatic heterocycles. The minimum atomic E-state index is -0.986. The van der Waals surface area contributed by atoms with Crippen LogP contribution in [-0.4, -0.2) is 23.2 Å². The lowest BCUT2D eigenvalue weighted by atomic mass is 10.1. The Balaban J connectivity index is 1.64. The average molecular weight is 369 g/mol. The van der Waals surface area contributed by atoms with Crippen molar-refractivity contribution in [3.05, 3.63) is 82.6 Å². The first-order valence-corrected chi connectivity index (χ1v) is 7.93. The van der Waals surface area contributed by atoms with E-state index < -0.39 is 5.97 Å². The Morgan fingerprint density at radius 3 is 2.27 bits per heavy atom. The van der Waals surface area contributed by atoms with Crippen molar-refractivity contribution in [3.63, 3.8) is 0 Å². The van der Waals surface area contributed by atoms with Crippen LogP contribution >= 0.6 is 11.6 Å². The standard InChI is InChI=1S/C19H13ClN2O4/c20-15-7-5-13(6-8-15)18(23)22-21-11-16-9-10-17(26-16)12-1-3-14(4-2-12)19(24)25/h1-11H,(H,22,23)(H,24,25)/b21-11-. The van der Waals surface area contributed by atoms with Crippen LogP contribution in [-0.2, 0) is 0 Å². The molecule has 26 heavy (non-hydrogen) atoms. The van der Waals surface area contributed by atoms with Crippen LogP contribution in [0, 0.1) is 0 Å². The number of aromatic carboxylic acids is 1. The van der Waals surface area contributed by atoms with Gasteiger partial charge in [0.05, 0.1) is 11.8 Å². The van der Waals surface area contributed by atoms with Crippen molar-refractivity contribution in [1.82, 2.24) is 5.43 Å². The van der Waals surface area contributed by atoms with E-state index in [0.717, 1.165) is 5.56 Å². The fourth-order valence-corrected chi connectivity index (χ4v) is 2.30. The molecule has 2 aromatic carbocycles. The molecule has 0 radical (unpaired) electrons. The second kappa shape index (κ2) is 7.67. The zero-order valence-electron chi connectivity index (χ0n) is 13.3. The zero-order valence-corrected chi connectivity index (χ0v) is 14.1. The third-order valence-electron chi connectivity index (χ3n) is 3.51. The first kappa shape index (κ1) is 17.4. The highest BCUT2D eigenvalue weighted by molar-refractivity contribution is 6.30. The lowest BCUT2D eigenvalue weighted by Crippen LogP contribution is -2.17. The topological polar surface area (TPSA) is 91.9 Å². The Morgan fingerprint density at radius 2 is 1.62 bits per heavy atom. The number of carboxylic acid groups (broad SMARTS) is 1. The highest BCUT2D eigenvalue weighted by Crippen LogP contribution is 2.22. The normalized spacial score (nSPS) is 10.8. The Labute approximate surface area is 153 Å². The first-order valence-electron chi connectivity index (χ1n) is 7.55. The van der Waals surface area contributed by atoms with Gasteiger partial charge in [0.25, 0.3) is 5.91 Å². The molecule has 7 heteroatoms. The average Bonchev–Trinajstić information content (AvgIpc) is 3.11. The van der Waals surface area contributed by atoms with Crippen LogP contribution in [0.3, 0.4) is 0 Å². The molecule has 0 spiro atoms. The largest absolute Gasteiger partial charge is 0.478 e. The number of hydrogen-bond donors (Lipinski definition) is 2. The van der Waals surface area contributed by atoms with Gasteiger partial charge < -0.3 is 9.52 Å². The molecule has 0 aliphatic carbocycles. The van der Waals surface area contributed by atoms with Crippen molar-refractivity contribution in [3.8, 4) is 11.3 Å². The van der Waals surface area contributed by atoms with Crippen molar-refractivity contribution in [2.24, 2.45) is 5.10 Å². The maximum atomic E-state index is 11.9. The summed E-state index contributed by atoms with van der Waals surface area (Å²) in [6.45, 7) is 0. The predicted octanol–water partition coefficient (Wildman–Crippen LogP) is 4.06. The van der Waals surface area contributed by atoms with Gasteiger partial charge in [0.15, 0.2) is 0 Å². The van der Waals surface area contributed by atoms with E-state index in [-0.39, 0.29) is 11.5 Å². The molecule has 1 heterocycles. The zero-order chi connectivity index (χ0) is 18.5. The Morgan fingerprint density at radius 1 is 0.962 bits per heavy atom. The van der Waals surface area contributed by atoms with Crippen LogP contribution in [0.1, 0.15) is 26.5 Å². The van der Waals surface area contributed by atoms with Crippen LogP contribution in [0.2, 0.25) is 5.02 Å². The molecule has 6 nitrogen and oxygen atoms in total. The van der Waals surface area contributed by atoms with Gasteiger partial charge in [-0.2, -0.15) is 5.10 Å². The molecule has 0 aliphatic rings. The fourth-order valence-electron chi connectivity index (χ4n) is 2.17. The SMILES string of the molecule is O=C(O)c1ccc(-c2ccc(/C=N\NC(=O)c3ccc(Cl)cc3)o2)cc1. The van der Waals surface area contributed by atoms with Crippen LogP contribution in [0.4, 0.5) is 0 Å². The van der Waals surface area contributed by atoms with Crippen LogP contribution in [0.25, 0.3) is 11.3 Å². The van der Waals surface area contributed by atoms with E-state index in [1.807, 2.05) is 0 Å². The molecule has 0 atom stereocenters. The number of rotatable bonds is 5. The number of hydrazone groups is 1. The van der Waals surface area contributed by atoms with Crippen molar-refractivity contribution in [2.75, 3.05) is 0 Å². The lowest BCUT2D eigenvalue weighted by molar-refractivity contribution is 0.0696. The van der Waals surface area contributed by atoms with Crippen LogP contribution in [0.15, 0.2) is 70.2 Å². The van der Waals surface area contributed by atoms with Gasteiger partial charge in [-0.05, 0) is 48.5 Å². The summed E-state index contributed by atoms with van der Waals surface area (Å²) >= 11 is 5.77. The summed E-state index contributed by atoms with van der Waals surface area (Å²) in [5.41, 5.74) is 3.77. The molecule has 3 aromatic rings. The summed E-state index contributed by atoms with van der Waals surface area (Å²) in [5.74, 6) is -0.347. The number of carbonyl (C=O) groups is 2. The number of nitrogens with zero attached hydrogens (tertiary/aromatic N) is 1. The number of carbonyl (C=O) groups excluding carboxylic acids is 1. The number of amides is 1. The number of furan rings is 1. The second-order valence-electron chi connectivity index (χ2n) is 5.29. The summed E-state index contributed by atoms with van der Waals surface area (Å²) < 4.78 is 5.61. The van der Waals surface area contributed by atoms with Gasteiger partial charge in [0, 0.05) is 16.1 Å². The van der Waals surface area contributed by atoms with E-state index in [1.165, 1.54) is 18.3 Å². The van der Waals surface area contributed by atoms with Gasteiger partial charge in [-0.1, -0.05) is 23.7 Å². The minimum Gasteiger partial charge on any atom is -0.478 e. The molecule has 3 rings (SSSR count). The van der Waals surface area contributed by atoms with Crippen molar-refractivity contribution in [1.29, 1.82) is 0 Å². The van der Waals surface area contributed by atoms with Gasteiger partial charge >= 0.3 is 5.97 Å². The van der Waals surface area contributed by atoms with Crippen LogP contribution in [0.5, 0.6) is 0 Å². The quantitative estimate of drug-likeness (QED) is 0.524. The number of halogens is 1. The van der Waals surface area contributed by atoms with E-state index in [0.29, 0.717) is 22.1 Å². The van der Waals surface area contributed by atoms with E-state index in [1.54, 1.807) is 48.5 Å². The van der Waals surface area contributed by atoms with Gasteiger partial charge in [-0.25, -0.2) is 10.2 Å². The third kappa shape index (κ3) is 4.17. The summed E-state index contributed by atoms with van der Waals surface area (Å²) in [7, 11) is 0. The van der Waals surface area contributed by atoms with E-state index in [2.05, 4.69) is 10.5 Å². The molecule has 2 N–H and O–H groups in total. The minimum absolute atomic E-state index is 0.201. The van der Waals surface area contributed by atoms with Gasteiger partial charge in [-0.15, -0.1) is 0 Å². The molecule has 0 fully saturated rings. The summed E-state index contributed by atoms with van der Waals surface area (Å²) in [5, 5.41) is 13.3. The van der Waals surface area contributed by atoms with Gasteiger partial charge in [0.1, 0.15) is 11.5 Å². The summed E-state index contributed by atoms with van der Waals surface area (Å²) in [6.07, 6.45) is 1.38. The number of benzene rings is 2. The number of nitrogens with one attached hydrogen (secondary N) is 1. The smallest absolute Gasteiger partial charge is 0.335 e. The maximum Gasteiger partial charge on any atom is 0.335 e. The fraction of sp³-hybridized carbons (Fsp3) is 0. The molecule has 0 bridgehead atoms. The highest BCUT2D eigenvalue weighted by atomic mass is 35.5. The Kier molecular flexibility index (Phi) is 5.15. The predicted molar refractivity (Wildman–Crippen MR) is 97.6 cm³/mol. The van der Waals surface area contributed by atoms with Gasteiger partial charge in [0.2, 0.25) is 0 Å². The molecule has 130 valence electrons. The molecular formula is C19H13ClN2O4. The molecule has 0 aliphatic heterocycles. The monoisotopic (exact) mass is 368 g/mol. The van der Waals surface area contributed by atoms with Crippen molar-refractivity contribution >= 4 is 29.7 Å². The van der Waals surface area contributed by atoms with Crippen molar-refractivity contribution < 1.29 is 19.1 Å². The molecule has 1 amide bonds.